The number of carbonyl (C=O) groups excluding carboxylic acids is 1. The third-order valence-corrected chi connectivity index (χ3v) is 1.80. The summed E-state index contributed by atoms with van der Waals surface area (Å²) in [5.74, 6) is -0.0446. The summed E-state index contributed by atoms with van der Waals surface area (Å²) in [5, 5.41) is 7.17. The Balaban J connectivity index is 2.75. The highest BCUT2D eigenvalue weighted by molar-refractivity contribution is 5.86. The Kier molecular flexibility index (Phi) is 1.71. The summed E-state index contributed by atoms with van der Waals surface area (Å²) in [6.07, 6.45) is 0. The molecule has 0 aromatic carbocycles. The average Bonchev–Trinajstić information content (AvgIpc) is 1.77. The molecule has 0 aromatic rings. The average molecular weight is 155 g/mol. The molecule has 63 valence electrons. The van der Waals surface area contributed by atoms with Crippen molar-refractivity contribution in [2.24, 2.45) is 0 Å². The molecule has 1 saturated heterocycles. The Morgan fingerprint density at radius 1 is 1.36 bits per heavy atom. The minimum Gasteiger partial charge on any atom is -0.297 e. The van der Waals surface area contributed by atoms with Gasteiger partial charge in [-0.25, -0.2) is 5.32 Å². The van der Waals surface area contributed by atoms with Crippen LogP contribution in [0.3, 0.4) is 0 Å². The lowest BCUT2D eigenvalue weighted by molar-refractivity contribution is -0.130. The number of piperazine rings is 1. The summed E-state index contributed by atoms with van der Waals surface area (Å²) in [6.45, 7) is 8.39. The van der Waals surface area contributed by atoms with Gasteiger partial charge in [0.2, 0.25) is 0 Å². The van der Waals surface area contributed by atoms with Gasteiger partial charge in [0, 0.05) is 5.54 Å². The molecule has 1 aliphatic heterocycles. The van der Waals surface area contributed by atoms with E-state index >= 15 is 0 Å². The molecule has 0 saturated carbocycles. The van der Waals surface area contributed by atoms with E-state index in [1.807, 2.05) is 27.7 Å². The lowest BCUT2D eigenvalue weighted by Gasteiger charge is -2.40. The van der Waals surface area contributed by atoms with Crippen molar-refractivity contribution < 1.29 is 4.79 Å². The van der Waals surface area contributed by atoms with Crippen molar-refractivity contribution in [1.29, 1.82) is 0 Å². The van der Waals surface area contributed by atoms with Crippen molar-refractivity contribution in [2.75, 3.05) is 6.54 Å². The minimum absolute atomic E-state index is 0.0442. The quantitative estimate of drug-likeness (QED) is 0.546. The predicted molar refractivity (Wildman–Crippen MR) is 43.3 cm³/mol. The normalized spacial score (nSPS) is 27.8. The Morgan fingerprint density at radius 2 is 1.91 bits per heavy atom. The molecule has 1 radical (unpaired) electrons. The van der Waals surface area contributed by atoms with Gasteiger partial charge < -0.3 is 0 Å². The zero-order chi connectivity index (χ0) is 8.70. The topological polar surface area (TPSA) is 43.2 Å². The van der Waals surface area contributed by atoms with Gasteiger partial charge in [0.25, 0.3) is 5.91 Å². The van der Waals surface area contributed by atoms with E-state index in [4.69, 9.17) is 0 Å². The Labute approximate surface area is 67.5 Å². The van der Waals surface area contributed by atoms with Crippen molar-refractivity contribution in [3.63, 3.8) is 0 Å². The molecule has 0 aliphatic carbocycles. The lowest BCUT2D eigenvalue weighted by Crippen LogP contribution is -2.66. The molecule has 3 heteroatoms. The first-order valence-electron chi connectivity index (χ1n) is 3.85. The first kappa shape index (κ1) is 8.53. The minimum atomic E-state index is -0.484. The lowest BCUT2D eigenvalue weighted by atomic mass is 9.92. The van der Waals surface area contributed by atoms with Crippen molar-refractivity contribution >= 4 is 5.91 Å². The molecule has 1 heterocycles. The van der Waals surface area contributed by atoms with Gasteiger partial charge in [-0.05, 0) is 27.7 Å². The van der Waals surface area contributed by atoms with Gasteiger partial charge in [0.1, 0.15) is 0 Å². The Bertz CT molecular complexity index is 185. The third kappa shape index (κ3) is 1.71. The van der Waals surface area contributed by atoms with E-state index in [9.17, 15) is 4.79 Å². The molecule has 0 unspecified atom stereocenters. The maximum absolute atomic E-state index is 11.2. The van der Waals surface area contributed by atoms with Gasteiger partial charge in [-0.3, -0.25) is 10.1 Å². The van der Waals surface area contributed by atoms with Gasteiger partial charge in [-0.15, -0.1) is 0 Å². The van der Waals surface area contributed by atoms with E-state index in [1.54, 1.807) is 0 Å². The maximum Gasteiger partial charge on any atom is 0.260 e. The number of rotatable bonds is 0. The molecule has 11 heavy (non-hydrogen) atoms. The summed E-state index contributed by atoms with van der Waals surface area (Å²) >= 11 is 0. The van der Waals surface area contributed by atoms with Crippen molar-refractivity contribution in [1.82, 2.24) is 10.6 Å². The van der Waals surface area contributed by atoms with E-state index in [0.717, 1.165) is 0 Å². The molecule has 0 aromatic heterocycles. The number of hydrogen-bond donors (Lipinski definition) is 1. The summed E-state index contributed by atoms with van der Waals surface area (Å²) in [7, 11) is 0. The third-order valence-electron chi connectivity index (χ3n) is 1.80. The molecule has 1 fully saturated rings. The molecular formula is C8H15N2O. The van der Waals surface area contributed by atoms with Crippen molar-refractivity contribution in [3.05, 3.63) is 0 Å². The van der Waals surface area contributed by atoms with Gasteiger partial charge in [0.05, 0.1) is 12.1 Å². The summed E-state index contributed by atoms with van der Waals surface area (Å²) in [5.41, 5.74) is -0.529. The molecule has 1 N–H and O–H groups in total. The second-order valence-corrected chi connectivity index (χ2v) is 4.26. The van der Waals surface area contributed by atoms with Crippen LogP contribution in [0.2, 0.25) is 0 Å². The zero-order valence-corrected chi connectivity index (χ0v) is 7.56. The molecule has 1 rings (SSSR count). The number of carbonyl (C=O) groups is 1. The molecule has 3 nitrogen and oxygen atoms in total. The highest BCUT2D eigenvalue weighted by Crippen LogP contribution is 2.16. The van der Waals surface area contributed by atoms with E-state index in [2.05, 4.69) is 10.6 Å². The zero-order valence-electron chi connectivity index (χ0n) is 7.56. The molecule has 0 spiro atoms. The van der Waals surface area contributed by atoms with E-state index in [-0.39, 0.29) is 11.4 Å². The largest absolute Gasteiger partial charge is 0.297 e. The Hall–Kier alpha value is -0.570. The van der Waals surface area contributed by atoms with E-state index < -0.39 is 5.54 Å². The molecule has 0 atom stereocenters. The number of nitrogens with one attached hydrogen (secondary N) is 1. The van der Waals surface area contributed by atoms with Crippen LogP contribution < -0.4 is 10.6 Å². The van der Waals surface area contributed by atoms with Gasteiger partial charge >= 0.3 is 0 Å². The molecular weight excluding hydrogens is 140 g/mol. The number of amides is 1. The second-order valence-electron chi connectivity index (χ2n) is 4.26. The van der Waals surface area contributed by atoms with Crippen LogP contribution in [0, 0.1) is 0 Å². The van der Waals surface area contributed by atoms with Crippen molar-refractivity contribution in [2.45, 2.75) is 38.8 Å². The van der Waals surface area contributed by atoms with Crippen LogP contribution in [0.15, 0.2) is 0 Å². The highest BCUT2D eigenvalue weighted by atomic mass is 16.2. The fourth-order valence-electron chi connectivity index (χ4n) is 1.41. The van der Waals surface area contributed by atoms with Gasteiger partial charge in [0.15, 0.2) is 0 Å². The number of nitrogens with zero attached hydrogens (tertiary/aromatic N) is 1. The first-order valence-corrected chi connectivity index (χ1v) is 3.85. The van der Waals surface area contributed by atoms with Gasteiger partial charge in [-0.2, -0.15) is 0 Å². The van der Waals surface area contributed by atoms with Crippen LogP contribution in [0.25, 0.3) is 0 Å². The van der Waals surface area contributed by atoms with Crippen LogP contribution in [-0.4, -0.2) is 23.5 Å². The fourth-order valence-corrected chi connectivity index (χ4v) is 1.41. The summed E-state index contributed by atoms with van der Waals surface area (Å²) in [4.78, 5) is 11.2. The molecule has 0 bridgehead atoms. The summed E-state index contributed by atoms with van der Waals surface area (Å²) < 4.78 is 0. The first-order chi connectivity index (χ1) is 4.83. The van der Waals surface area contributed by atoms with Crippen molar-refractivity contribution in [3.8, 4) is 0 Å². The Morgan fingerprint density at radius 3 is 2.27 bits per heavy atom. The standard InChI is InChI=1S/C8H15N2O/c1-7(2)5-9-6(11)8(3,4)10-7/h10H,5H2,1-4H3. The van der Waals surface area contributed by atoms with Gasteiger partial charge in [-0.1, -0.05) is 0 Å². The summed E-state index contributed by atoms with van der Waals surface area (Å²) in [6, 6.07) is 0. The molecule has 1 amide bonds. The fraction of sp³-hybridized carbons (Fsp3) is 0.875. The van der Waals surface area contributed by atoms with Crippen LogP contribution in [-0.2, 0) is 4.79 Å². The second kappa shape index (κ2) is 2.21. The SMILES string of the molecule is CC1(C)C[N]C(=O)C(C)(C)N1. The van der Waals surface area contributed by atoms with Crippen LogP contribution in [0.5, 0.6) is 0 Å². The van der Waals surface area contributed by atoms with E-state index in [1.165, 1.54) is 0 Å². The smallest absolute Gasteiger partial charge is 0.260 e. The maximum atomic E-state index is 11.2. The monoisotopic (exact) mass is 155 g/mol. The van der Waals surface area contributed by atoms with Crippen LogP contribution in [0.4, 0.5) is 0 Å². The molecule has 1 aliphatic rings. The van der Waals surface area contributed by atoms with Crippen LogP contribution in [0.1, 0.15) is 27.7 Å². The number of hydrogen-bond acceptors (Lipinski definition) is 2. The van der Waals surface area contributed by atoms with E-state index in [0.29, 0.717) is 6.54 Å². The predicted octanol–water partition coefficient (Wildman–Crippen LogP) is 0.278. The highest BCUT2D eigenvalue weighted by Gasteiger charge is 2.39. The van der Waals surface area contributed by atoms with Crippen LogP contribution >= 0.6 is 0 Å².